The lowest BCUT2D eigenvalue weighted by molar-refractivity contribution is -0.282. The predicted molar refractivity (Wildman–Crippen MR) is 180 cm³/mol. The van der Waals surface area contributed by atoms with Gasteiger partial charge in [-0.05, 0) is 55.4 Å². The van der Waals surface area contributed by atoms with Crippen molar-refractivity contribution in [3.63, 3.8) is 0 Å². The number of fused-ring (bicyclic) bond motifs is 4. The Morgan fingerprint density at radius 3 is 1.66 bits per heavy atom. The first-order valence-electron chi connectivity index (χ1n) is 17.9. The van der Waals surface area contributed by atoms with Gasteiger partial charge in [0.1, 0.15) is 12.2 Å². The second kappa shape index (κ2) is 13.4. The van der Waals surface area contributed by atoms with Crippen LogP contribution in [0.3, 0.4) is 0 Å². The molecule has 0 N–H and O–H groups in total. The van der Waals surface area contributed by atoms with Crippen molar-refractivity contribution in [2.24, 2.45) is 22.2 Å². The summed E-state index contributed by atoms with van der Waals surface area (Å²) in [5.74, 6) is -3.16. The van der Waals surface area contributed by atoms with Crippen LogP contribution in [0.15, 0.2) is 71.8 Å². The van der Waals surface area contributed by atoms with Crippen LogP contribution in [-0.2, 0) is 44.5 Å². The van der Waals surface area contributed by atoms with Gasteiger partial charge in [0.2, 0.25) is 0 Å². The number of halogens is 6. The highest BCUT2D eigenvalue weighted by Crippen LogP contribution is 2.65. The Bertz CT molecular complexity index is 1730. The number of carbonyl (C=O) groups is 2. The fraction of sp³-hybridized carbons (Fsp3) is 0.600. The first-order chi connectivity index (χ1) is 24.8. The van der Waals surface area contributed by atoms with Crippen LogP contribution < -0.4 is 0 Å². The van der Waals surface area contributed by atoms with Crippen molar-refractivity contribution in [3.8, 4) is 0 Å². The van der Waals surface area contributed by atoms with Gasteiger partial charge in [-0.2, -0.15) is 26.3 Å². The van der Waals surface area contributed by atoms with E-state index in [2.05, 4.69) is 6.92 Å². The maximum absolute atomic E-state index is 14.7. The Balaban J connectivity index is 1.24. The molecule has 2 fully saturated rings. The fourth-order valence-corrected chi connectivity index (χ4v) is 10.1. The topological polar surface area (TPSA) is 80.3 Å². The average molecular weight is 753 g/mol. The van der Waals surface area contributed by atoms with Gasteiger partial charge in [-0.3, -0.25) is 0 Å². The molecule has 6 rings (SSSR count). The van der Waals surface area contributed by atoms with Crippen LogP contribution in [0.25, 0.3) is 0 Å². The van der Waals surface area contributed by atoms with Crippen molar-refractivity contribution < 1.29 is 59.6 Å². The van der Waals surface area contributed by atoms with Gasteiger partial charge in [0.25, 0.3) is 11.2 Å². The molecule has 0 aromatic heterocycles. The van der Waals surface area contributed by atoms with Crippen molar-refractivity contribution in [1.29, 1.82) is 0 Å². The summed E-state index contributed by atoms with van der Waals surface area (Å²) in [6, 6.07) is 13.4. The maximum atomic E-state index is 14.7. The zero-order valence-corrected chi connectivity index (χ0v) is 30.7. The molecular formula is C40H46F6O7. The van der Waals surface area contributed by atoms with E-state index in [1.807, 2.05) is 20.8 Å². The van der Waals surface area contributed by atoms with Gasteiger partial charge in [0.05, 0.1) is 12.7 Å². The van der Waals surface area contributed by atoms with E-state index in [9.17, 15) is 35.9 Å². The summed E-state index contributed by atoms with van der Waals surface area (Å²) in [4.78, 5) is 27.2. The molecule has 0 unspecified atom stereocenters. The number of methoxy groups -OCH3 is 2. The van der Waals surface area contributed by atoms with Crippen LogP contribution in [0.2, 0.25) is 0 Å². The molecule has 1 saturated heterocycles. The van der Waals surface area contributed by atoms with Crippen LogP contribution in [0.4, 0.5) is 26.3 Å². The van der Waals surface area contributed by atoms with E-state index in [1.54, 1.807) is 6.07 Å². The standard InChI is InChI=1S/C40H46F6O7/c1-34(2)28-18-17-26-27(35(28,3)22-20-29(34)52-32(47)37(49-5,39(41,42)43)24-13-9-7-10-14-24)19-21-36(4)30(23-51-31(26)36)53-33(48)38(50-6,40(44,45)46)25-15-11-8-12-16-25/h7-16,28-31H,17-23H2,1-6H3/t28-,29-,30+,31-,35+,36-,37+,38+/m1/s1. The molecule has 8 atom stereocenters. The molecule has 1 saturated carbocycles. The number of carbonyl (C=O) groups excluding carboxylic acids is 2. The third-order valence-corrected chi connectivity index (χ3v) is 13.0. The lowest BCUT2D eigenvalue weighted by atomic mass is 9.47. The minimum atomic E-state index is -5.12. The first kappa shape index (κ1) is 39.3. The van der Waals surface area contributed by atoms with E-state index in [0.29, 0.717) is 38.5 Å². The third kappa shape index (κ3) is 5.82. The molecule has 53 heavy (non-hydrogen) atoms. The number of allylic oxidation sites excluding steroid dienone is 1. The normalized spacial score (nSPS) is 32.0. The van der Waals surface area contributed by atoms with Crippen LogP contribution in [0, 0.1) is 22.2 Å². The number of alkyl halides is 6. The second-order valence-corrected chi connectivity index (χ2v) is 15.9. The van der Waals surface area contributed by atoms with Gasteiger partial charge in [-0.25, -0.2) is 9.59 Å². The molecule has 1 heterocycles. The Morgan fingerprint density at radius 1 is 0.698 bits per heavy atom. The summed E-state index contributed by atoms with van der Waals surface area (Å²) < 4.78 is 116. The highest BCUT2D eigenvalue weighted by molar-refractivity contribution is 5.83. The van der Waals surface area contributed by atoms with Crippen molar-refractivity contribution >= 4 is 11.9 Å². The predicted octanol–water partition coefficient (Wildman–Crippen LogP) is 8.75. The fourth-order valence-electron chi connectivity index (χ4n) is 10.1. The summed E-state index contributed by atoms with van der Waals surface area (Å²) in [7, 11) is 1.68. The van der Waals surface area contributed by atoms with Crippen molar-refractivity contribution in [2.45, 2.75) is 108 Å². The molecule has 290 valence electrons. The average Bonchev–Trinajstić information content (AvgIpc) is 3.42. The van der Waals surface area contributed by atoms with Crippen LogP contribution in [0.5, 0.6) is 0 Å². The van der Waals surface area contributed by atoms with Crippen molar-refractivity contribution in [3.05, 3.63) is 82.9 Å². The van der Waals surface area contributed by atoms with Gasteiger partial charge in [-0.15, -0.1) is 0 Å². The quantitative estimate of drug-likeness (QED) is 0.152. The minimum Gasteiger partial charge on any atom is -0.459 e. The van der Waals surface area contributed by atoms with Gasteiger partial charge >= 0.3 is 24.3 Å². The molecule has 1 aliphatic heterocycles. The van der Waals surface area contributed by atoms with E-state index in [0.717, 1.165) is 25.4 Å². The Morgan fingerprint density at radius 2 is 1.19 bits per heavy atom. The van der Waals surface area contributed by atoms with Crippen LogP contribution >= 0.6 is 0 Å². The summed E-state index contributed by atoms with van der Waals surface area (Å²) >= 11 is 0. The molecule has 0 amide bonds. The molecule has 7 nitrogen and oxygen atoms in total. The minimum absolute atomic E-state index is 0.0841. The highest BCUT2D eigenvalue weighted by atomic mass is 19.4. The second-order valence-electron chi connectivity index (χ2n) is 15.9. The molecule has 0 bridgehead atoms. The van der Waals surface area contributed by atoms with Crippen LogP contribution in [0.1, 0.15) is 77.3 Å². The van der Waals surface area contributed by atoms with Gasteiger partial charge in [-0.1, -0.05) is 93.9 Å². The molecule has 0 radical (unpaired) electrons. The molecule has 3 aliphatic carbocycles. The monoisotopic (exact) mass is 752 g/mol. The molecule has 2 aromatic rings. The number of benzene rings is 2. The Hall–Kier alpha value is -3.42. The van der Waals surface area contributed by atoms with E-state index < -0.39 is 75.6 Å². The summed E-state index contributed by atoms with van der Waals surface area (Å²) in [5, 5.41) is 0. The van der Waals surface area contributed by atoms with E-state index in [4.69, 9.17) is 23.7 Å². The van der Waals surface area contributed by atoms with Gasteiger partial charge < -0.3 is 23.7 Å². The van der Waals surface area contributed by atoms with Gasteiger partial charge in [0, 0.05) is 36.2 Å². The number of ether oxygens (including phenoxy) is 5. The number of rotatable bonds is 8. The number of hydrogen-bond donors (Lipinski definition) is 0. The summed E-state index contributed by atoms with van der Waals surface area (Å²) in [6.45, 7) is 7.76. The van der Waals surface area contributed by atoms with Crippen LogP contribution in [-0.4, -0.2) is 63.4 Å². The largest absolute Gasteiger partial charge is 0.459 e. The molecule has 0 spiro atoms. The highest BCUT2D eigenvalue weighted by Gasteiger charge is 2.68. The summed E-state index contributed by atoms with van der Waals surface area (Å²) in [5.41, 5.74) is -7.20. The van der Waals surface area contributed by atoms with Gasteiger partial charge in [0.15, 0.2) is 0 Å². The zero-order chi connectivity index (χ0) is 38.8. The zero-order valence-electron chi connectivity index (χ0n) is 30.7. The lowest BCUT2D eigenvalue weighted by Gasteiger charge is -2.59. The van der Waals surface area contributed by atoms with E-state index >= 15 is 0 Å². The van der Waals surface area contributed by atoms with Crippen molar-refractivity contribution in [2.75, 3.05) is 20.8 Å². The van der Waals surface area contributed by atoms with E-state index in [1.165, 1.54) is 54.6 Å². The van der Waals surface area contributed by atoms with E-state index in [-0.39, 0.29) is 18.1 Å². The Kier molecular flexibility index (Phi) is 9.93. The molecular weight excluding hydrogens is 706 g/mol. The lowest BCUT2D eigenvalue weighted by Crippen LogP contribution is -2.58. The number of esters is 2. The Labute approximate surface area is 305 Å². The third-order valence-electron chi connectivity index (χ3n) is 13.0. The molecule has 2 aromatic carbocycles. The SMILES string of the molecule is CO[C@](C(=O)O[C@H]1CO[C@@H]2C3=C(CC[C@]12C)[C@]1(C)CC[C@@H](OC(=O)[C@@](OC)(c2ccccc2)C(F)(F)F)C(C)(C)[C@H]1CC3)(c1ccccc1)C(F)(F)F. The smallest absolute Gasteiger partial charge is 0.432 e. The molecule has 13 heteroatoms. The van der Waals surface area contributed by atoms with Crippen molar-refractivity contribution in [1.82, 2.24) is 0 Å². The summed E-state index contributed by atoms with van der Waals surface area (Å²) in [6.07, 6.45) is -9.52. The maximum Gasteiger partial charge on any atom is 0.432 e. The first-order valence-corrected chi connectivity index (χ1v) is 17.9. The number of hydrogen-bond acceptors (Lipinski definition) is 7. The molecule has 4 aliphatic rings.